The van der Waals surface area contributed by atoms with E-state index < -0.39 is 0 Å². The summed E-state index contributed by atoms with van der Waals surface area (Å²) in [6.07, 6.45) is 1.00. The molecule has 1 heterocycles. The van der Waals surface area contributed by atoms with E-state index in [-0.39, 0.29) is 29.9 Å². The van der Waals surface area contributed by atoms with E-state index in [1.807, 2.05) is 50.3 Å². The molecule has 0 radical (unpaired) electrons. The zero-order valence-corrected chi connectivity index (χ0v) is 20.1. The third kappa shape index (κ3) is 8.57. The maximum Gasteiger partial charge on any atom is 0.238 e. The quantitative estimate of drug-likeness (QED) is 0.322. The highest BCUT2D eigenvalue weighted by Crippen LogP contribution is 2.11. The lowest BCUT2D eigenvalue weighted by atomic mass is 10.2. The van der Waals surface area contributed by atoms with Crippen molar-refractivity contribution in [1.29, 1.82) is 0 Å². The van der Waals surface area contributed by atoms with Crippen LogP contribution in [0.5, 0.6) is 0 Å². The second kappa shape index (κ2) is 12.7. The lowest BCUT2D eigenvalue weighted by Gasteiger charge is -2.22. The molecule has 0 aliphatic carbocycles. The lowest BCUT2D eigenvalue weighted by molar-refractivity contribution is -0.116. The number of carbonyl (C=O) groups is 1. The van der Waals surface area contributed by atoms with Gasteiger partial charge in [0.05, 0.1) is 6.54 Å². The molecule has 1 aromatic heterocycles. The molecular formula is C20H30IN5OS. The molecule has 0 spiro atoms. The molecule has 0 bridgehead atoms. The Morgan fingerprint density at radius 2 is 1.96 bits per heavy atom. The molecule has 154 valence electrons. The summed E-state index contributed by atoms with van der Waals surface area (Å²) in [4.78, 5) is 21.6. The van der Waals surface area contributed by atoms with Crippen molar-refractivity contribution in [1.82, 2.24) is 15.1 Å². The Morgan fingerprint density at radius 3 is 2.61 bits per heavy atom. The van der Waals surface area contributed by atoms with E-state index in [9.17, 15) is 4.79 Å². The number of carbonyl (C=O) groups excluding carboxylic acids is 1. The number of nitrogens with zero attached hydrogens (tertiary/aromatic N) is 3. The summed E-state index contributed by atoms with van der Waals surface area (Å²) in [7, 11) is 7.59. The summed E-state index contributed by atoms with van der Waals surface area (Å²) >= 11 is 1.78. The Labute approximate surface area is 189 Å². The van der Waals surface area contributed by atoms with E-state index >= 15 is 0 Å². The van der Waals surface area contributed by atoms with Crippen molar-refractivity contribution in [2.75, 3.05) is 46.6 Å². The van der Waals surface area contributed by atoms with E-state index in [0.717, 1.165) is 30.2 Å². The Hall–Kier alpha value is -1.65. The van der Waals surface area contributed by atoms with Gasteiger partial charge in [0.25, 0.3) is 0 Å². The number of benzene rings is 1. The van der Waals surface area contributed by atoms with Gasteiger partial charge in [-0.2, -0.15) is 0 Å². The van der Waals surface area contributed by atoms with Crippen LogP contribution in [0.4, 0.5) is 5.69 Å². The molecule has 0 aliphatic heterocycles. The fraction of sp³-hybridized carbons (Fsp3) is 0.400. The molecule has 0 saturated carbocycles. The van der Waals surface area contributed by atoms with Crippen molar-refractivity contribution in [2.45, 2.75) is 13.0 Å². The molecule has 2 N–H and O–H groups in total. The summed E-state index contributed by atoms with van der Waals surface area (Å²) in [5.74, 6) is 0.836. The van der Waals surface area contributed by atoms with Gasteiger partial charge in [-0.15, -0.1) is 35.3 Å². The first kappa shape index (κ1) is 24.4. The lowest BCUT2D eigenvalue weighted by Crippen LogP contribution is -2.39. The van der Waals surface area contributed by atoms with Gasteiger partial charge < -0.3 is 20.4 Å². The number of rotatable bonds is 8. The fourth-order valence-corrected chi connectivity index (χ4v) is 3.35. The molecule has 0 aliphatic rings. The largest absolute Gasteiger partial charge is 0.352 e. The molecule has 2 aromatic rings. The predicted octanol–water partition coefficient (Wildman–Crippen LogP) is 3.12. The van der Waals surface area contributed by atoms with Gasteiger partial charge in [-0.1, -0.05) is 18.2 Å². The van der Waals surface area contributed by atoms with Crippen LogP contribution in [0, 0.1) is 0 Å². The molecular weight excluding hydrogens is 485 g/mol. The van der Waals surface area contributed by atoms with Crippen LogP contribution in [-0.4, -0.2) is 62.9 Å². The minimum absolute atomic E-state index is 0. The molecule has 28 heavy (non-hydrogen) atoms. The zero-order valence-electron chi connectivity index (χ0n) is 16.9. The maximum atomic E-state index is 11.9. The average Bonchev–Trinajstić information content (AvgIpc) is 3.13. The van der Waals surface area contributed by atoms with Gasteiger partial charge in [0.1, 0.15) is 0 Å². The number of halogens is 1. The standard InChI is InChI=1S/C20H29N5OS.HI/c1-21-20(25(4)11-10-18-9-6-12-27-18)22-14-16-7-5-8-17(13-16)23-19(26)15-24(2)3;/h5-9,12-13H,10-11,14-15H2,1-4H3,(H,21,22)(H,23,26);1H. The smallest absolute Gasteiger partial charge is 0.238 e. The second-order valence-electron chi connectivity index (χ2n) is 6.64. The van der Waals surface area contributed by atoms with Crippen molar-refractivity contribution in [2.24, 2.45) is 4.99 Å². The molecule has 6 nitrogen and oxygen atoms in total. The average molecular weight is 515 g/mol. The van der Waals surface area contributed by atoms with Crippen molar-refractivity contribution in [3.05, 3.63) is 52.2 Å². The minimum atomic E-state index is -0.0192. The van der Waals surface area contributed by atoms with Gasteiger partial charge in [-0.25, -0.2) is 0 Å². The van der Waals surface area contributed by atoms with E-state index in [2.05, 4.69) is 38.0 Å². The van der Waals surface area contributed by atoms with Crippen LogP contribution in [0.1, 0.15) is 10.4 Å². The molecule has 0 fully saturated rings. The highest BCUT2D eigenvalue weighted by molar-refractivity contribution is 14.0. The normalized spacial score (nSPS) is 11.1. The summed E-state index contributed by atoms with van der Waals surface area (Å²) in [5.41, 5.74) is 1.90. The number of aliphatic imine (C=N–C) groups is 1. The third-order valence-corrected chi connectivity index (χ3v) is 4.90. The van der Waals surface area contributed by atoms with Crippen molar-refractivity contribution in [3.8, 4) is 0 Å². The molecule has 8 heteroatoms. The van der Waals surface area contributed by atoms with E-state index in [1.54, 1.807) is 18.4 Å². The molecule has 0 saturated heterocycles. The van der Waals surface area contributed by atoms with E-state index in [1.165, 1.54) is 4.88 Å². The maximum absolute atomic E-state index is 11.9. The zero-order chi connectivity index (χ0) is 19.6. The minimum Gasteiger partial charge on any atom is -0.352 e. The van der Waals surface area contributed by atoms with Gasteiger partial charge in [0, 0.05) is 37.7 Å². The number of amides is 1. The SMILES string of the molecule is CN=C(NCc1cccc(NC(=O)CN(C)C)c1)N(C)CCc1cccs1.I. The van der Waals surface area contributed by atoms with Crippen LogP contribution >= 0.6 is 35.3 Å². The summed E-state index contributed by atoms with van der Waals surface area (Å²) in [6, 6.07) is 12.1. The molecule has 1 aromatic carbocycles. The van der Waals surface area contributed by atoms with Gasteiger partial charge >= 0.3 is 0 Å². The van der Waals surface area contributed by atoms with Crippen LogP contribution < -0.4 is 10.6 Å². The van der Waals surface area contributed by atoms with Gasteiger partial charge in [0.2, 0.25) is 5.91 Å². The van der Waals surface area contributed by atoms with Gasteiger partial charge in [0.15, 0.2) is 5.96 Å². The number of anilines is 1. The summed E-state index contributed by atoms with van der Waals surface area (Å²) < 4.78 is 0. The second-order valence-corrected chi connectivity index (χ2v) is 7.67. The van der Waals surface area contributed by atoms with Gasteiger partial charge in [-0.05, 0) is 49.7 Å². The Balaban J connectivity index is 0.00000392. The highest BCUT2D eigenvalue weighted by Gasteiger charge is 2.08. The van der Waals surface area contributed by atoms with Crippen LogP contribution in [0.2, 0.25) is 0 Å². The number of hydrogen-bond donors (Lipinski definition) is 2. The number of guanidine groups is 1. The molecule has 0 atom stereocenters. The van der Waals surface area contributed by atoms with Crippen LogP contribution in [0.3, 0.4) is 0 Å². The molecule has 2 rings (SSSR count). The first-order chi connectivity index (χ1) is 13.0. The topological polar surface area (TPSA) is 60.0 Å². The monoisotopic (exact) mass is 515 g/mol. The fourth-order valence-electron chi connectivity index (χ4n) is 2.65. The number of likely N-dealkylation sites (N-methyl/N-ethyl adjacent to an activating group) is 2. The van der Waals surface area contributed by atoms with Crippen LogP contribution in [0.15, 0.2) is 46.8 Å². The molecule has 0 unspecified atom stereocenters. The number of thiophene rings is 1. The van der Waals surface area contributed by atoms with Crippen molar-refractivity contribution < 1.29 is 4.79 Å². The van der Waals surface area contributed by atoms with Crippen LogP contribution in [-0.2, 0) is 17.8 Å². The van der Waals surface area contributed by atoms with E-state index in [0.29, 0.717) is 13.1 Å². The predicted molar refractivity (Wildman–Crippen MR) is 130 cm³/mol. The summed E-state index contributed by atoms with van der Waals surface area (Å²) in [6.45, 7) is 1.92. The first-order valence-electron chi connectivity index (χ1n) is 8.95. The van der Waals surface area contributed by atoms with E-state index in [4.69, 9.17) is 0 Å². The molecule has 1 amide bonds. The highest BCUT2D eigenvalue weighted by atomic mass is 127. The van der Waals surface area contributed by atoms with Crippen LogP contribution in [0.25, 0.3) is 0 Å². The summed E-state index contributed by atoms with van der Waals surface area (Å²) in [5, 5.41) is 8.42. The van der Waals surface area contributed by atoms with Gasteiger partial charge in [-0.3, -0.25) is 9.79 Å². The van der Waals surface area contributed by atoms with Crippen molar-refractivity contribution >= 4 is 52.9 Å². The number of nitrogens with one attached hydrogen (secondary N) is 2. The first-order valence-corrected chi connectivity index (χ1v) is 9.83. The Kier molecular flexibility index (Phi) is 11.1. The Bertz CT molecular complexity index is 749. The third-order valence-electron chi connectivity index (χ3n) is 3.97. The Morgan fingerprint density at radius 1 is 1.18 bits per heavy atom. The van der Waals surface area contributed by atoms with Crippen molar-refractivity contribution in [3.63, 3.8) is 0 Å². The number of hydrogen-bond acceptors (Lipinski definition) is 4.